The summed E-state index contributed by atoms with van der Waals surface area (Å²) in [6, 6.07) is 5.29. The number of hydrogen-bond donors (Lipinski definition) is 3. The molecular formula is C13H20N2O3. The van der Waals surface area contributed by atoms with Crippen LogP contribution in [0.1, 0.15) is 22.3 Å². The predicted molar refractivity (Wildman–Crippen MR) is 70.4 cm³/mol. The fourth-order valence-corrected chi connectivity index (χ4v) is 1.54. The first-order chi connectivity index (χ1) is 8.66. The number of hydrogen-bond acceptors (Lipinski definition) is 4. The van der Waals surface area contributed by atoms with E-state index in [9.17, 15) is 4.79 Å². The average Bonchev–Trinajstić information content (AvgIpc) is 2.36. The number of carbonyl (C=O) groups excluding carboxylic acids is 1. The molecule has 0 aliphatic heterocycles. The zero-order valence-corrected chi connectivity index (χ0v) is 10.6. The van der Waals surface area contributed by atoms with Crippen molar-refractivity contribution in [3.05, 3.63) is 29.3 Å². The van der Waals surface area contributed by atoms with Gasteiger partial charge in [0, 0.05) is 24.4 Å². The molecule has 0 saturated heterocycles. The molecule has 4 N–H and O–H groups in total. The Bertz CT molecular complexity index is 394. The van der Waals surface area contributed by atoms with Crippen LogP contribution < -0.4 is 11.1 Å². The Hall–Kier alpha value is -1.59. The first-order valence-corrected chi connectivity index (χ1v) is 5.98. The summed E-state index contributed by atoms with van der Waals surface area (Å²) in [6.07, 6.45) is 0.715. The minimum absolute atomic E-state index is 0.0227. The number of nitrogens with two attached hydrogens (primary N) is 1. The minimum Gasteiger partial charge on any atom is -0.398 e. The van der Waals surface area contributed by atoms with Gasteiger partial charge in [0.15, 0.2) is 0 Å². The topological polar surface area (TPSA) is 84.6 Å². The molecule has 0 radical (unpaired) electrons. The van der Waals surface area contributed by atoms with E-state index >= 15 is 0 Å². The van der Waals surface area contributed by atoms with Crippen LogP contribution in [0.5, 0.6) is 0 Å². The highest BCUT2D eigenvalue weighted by molar-refractivity contribution is 5.96. The molecule has 0 saturated carbocycles. The summed E-state index contributed by atoms with van der Waals surface area (Å²) >= 11 is 0. The Morgan fingerprint density at radius 2 is 2.22 bits per heavy atom. The third-order valence-electron chi connectivity index (χ3n) is 2.61. The first kappa shape index (κ1) is 14.5. The second kappa shape index (κ2) is 7.68. The third kappa shape index (κ3) is 4.35. The van der Waals surface area contributed by atoms with Crippen molar-refractivity contribution < 1.29 is 14.6 Å². The quantitative estimate of drug-likeness (QED) is 0.493. The van der Waals surface area contributed by atoms with Gasteiger partial charge < -0.3 is 20.9 Å². The van der Waals surface area contributed by atoms with Crippen molar-refractivity contribution in [2.75, 3.05) is 32.1 Å². The molecule has 0 unspecified atom stereocenters. The molecule has 18 heavy (non-hydrogen) atoms. The molecule has 0 atom stereocenters. The number of benzene rings is 1. The maximum Gasteiger partial charge on any atom is 0.251 e. The maximum absolute atomic E-state index is 11.9. The number of ether oxygens (including phenoxy) is 1. The molecule has 5 nitrogen and oxygen atoms in total. The number of rotatable bonds is 7. The molecule has 0 aliphatic rings. The number of amides is 1. The van der Waals surface area contributed by atoms with Gasteiger partial charge in [-0.15, -0.1) is 0 Å². The van der Waals surface area contributed by atoms with Crippen LogP contribution in [0.2, 0.25) is 0 Å². The van der Waals surface area contributed by atoms with Crippen LogP contribution in [0.25, 0.3) is 0 Å². The zero-order chi connectivity index (χ0) is 13.4. The molecule has 1 amide bonds. The summed E-state index contributed by atoms with van der Waals surface area (Å²) in [4.78, 5) is 11.9. The van der Waals surface area contributed by atoms with E-state index in [2.05, 4.69) is 5.32 Å². The van der Waals surface area contributed by atoms with Gasteiger partial charge in [-0.05, 0) is 31.0 Å². The fourth-order valence-electron chi connectivity index (χ4n) is 1.54. The molecular weight excluding hydrogens is 232 g/mol. The molecule has 0 aromatic heterocycles. The van der Waals surface area contributed by atoms with Crippen LogP contribution in [0.4, 0.5) is 5.69 Å². The Morgan fingerprint density at radius 1 is 1.44 bits per heavy atom. The van der Waals surface area contributed by atoms with Crippen LogP contribution in [0.3, 0.4) is 0 Å². The van der Waals surface area contributed by atoms with E-state index in [1.165, 1.54) is 0 Å². The molecule has 1 aromatic carbocycles. The summed E-state index contributed by atoms with van der Waals surface area (Å²) in [5.74, 6) is -0.123. The van der Waals surface area contributed by atoms with E-state index in [1.54, 1.807) is 18.2 Å². The van der Waals surface area contributed by atoms with Gasteiger partial charge in [-0.2, -0.15) is 0 Å². The second-order valence-corrected chi connectivity index (χ2v) is 3.97. The normalized spacial score (nSPS) is 10.3. The lowest BCUT2D eigenvalue weighted by atomic mass is 10.1. The average molecular weight is 252 g/mol. The number of aliphatic hydroxyl groups is 1. The Balaban J connectivity index is 2.35. The molecule has 100 valence electrons. The summed E-state index contributed by atoms with van der Waals surface area (Å²) in [5, 5.41) is 11.3. The lowest BCUT2D eigenvalue weighted by molar-refractivity contribution is 0.0867. The van der Waals surface area contributed by atoms with Crippen LogP contribution in [0.15, 0.2) is 18.2 Å². The molecule has 0 aliphatic carbocycles. The largest absolute Gasteiger partial charge is 0.398 e. The van der Waals surface area contributed by atoms with Crippen molar-refractivity contribution in [2.45, 2.75) is 13.3 Å². The molecule has 0 fully saturated rings. The van der Waals surface area contributed by atoms with Gasteiger partial charge in [-0.1, -0.05) is 6.07 Å². The van der Waals surface area contributed by atoms with Gasteiger partial charge in [-0.3, -0.25) is 4.79 Å². The monoisotopic (exact) mass is 252 g/mol. The molecule has 5 heteroatoms. The lowest BCUT2D eigenvalue weighted by Crippen LogP contribution is -2.26. The van der Waals surface area contributed by atoms with Crippen molar-refractivity contribution in [1.82, 2.24) is 5.32 Å². The van der Waals surface area contributed by atoms with Crippen molar-refractivity contribution >= 4 is 11.6 Å². The molecule has 1 rings (SSSR count). The summed E-state index contributed by atoms with van der Waals surface area (Å²) < 4.78 is 5.09. The number of nitrogens with one attached hydrogen (secondary N) is 1. The van der Waals surface area contributed by atoms with E-state index < -0.39 is 0 Å². The highest BCUT2D eigenvalue weighted by Gasteiger charge is 2.09. The van der Waals surface area contributed by atoms with Crippen molar-refractivity contribution in [2.24, 2.45) is 0 Å². The maximum atomic E-state index is 11.9. The van der Waals surface area contributed by atoms with Crippen LogP contribution >= 0.6 is 0 Å². The van der Waals surface area contributed by atoms with E-state index in [0.717, 1.165) is 5.56 Å². The van der Waals surface area contributed by atoms with Gasteiger partial charge in [0.1, 0.15) is 0 Å². The number of carbonyl (C=O) groups is 1. The zero-order valence-electron chi connectivity index (χ0n) is 10.6. The second-order valence-electron chi connectivity index (χ2n) is 3.97. The van der Waals surface area contributed by atoms with E-state index in [0.29, 0.717) is 37.4 Å². The Kier molecular flexibility index (Phi) is 6.18. The summed E-state index contributed by atoms with van der Waals surface area (Å²) in [7, 11) is 0. The fraction of sp³-hybridized carbons (Fsp3) is 0.462. The smallest absolute Gasteiger partial charge is 0.251 e. The molecule has 0 spiro atoms. The summed E-state index contributed by atoms with van der Waals surface area (Å²) in [6.45, 7) is 3.25. The van der Waals surface area contributed by atoms with Gasteiger partial charge in [0.05, 0.1) is 13.2 Å². The standard InChI is InChI=1S/C13H20N2O3/c1-10-11(4-2-5-12(10)14)13(17)15-6-3-8-18-9-7-16/h2,4-5,16H,3,6-9,14H2,1H3,(H,15,17). The van der Waals surface area contributed by atoms with E-state index in [1.807, 2.05) is 6.92 Å². The Morgan fingerprint density at radius 3 is 2.94 bits per heavy atom. The van der Waals surface area contributed by atoms with Gasteiger partial charge in [-0.25, -0.2) is 0 Å². The summed E-state index contributed by atoms with van der Waals surface area (Å²) in [5.41, 5.74) is 7.76. The van der Waals surface area contributed by atoms with Crippen LogP contribution in [-0.2, 0) is 4.74 Å². The third-order valence-corrected chi connectivity index (χ3v) is 2.61. The van der Waals surface area contributed by atoms with Gasteiger partial charge in [0.25, 0.3) is 5.91 Å². The van der Waals surface area contributed by atoms with E-state index in [-0.39, 0.29) is 12.5 Å². The van der Waals surface area contributed by atoms with Gasteiger partial charge in [0.2, 0.25) is 0 Å². The predicted octanol–water partition coefficient (Wildman–Crippen LogP) is 0.706. The highest BCUT2D eigenvalue weighted by atomic mass is 16.5. The molecule has 1 aromatic rings. The Labute approximate surface area is 107 Å². The van der Waals surface area contributed by atoms with Gasteiger partial charge >= 0.3 is 0 Å². The highest BCUT2D eigenvalue weighted by Crippen LogP contribution is 2.15. The van der Waals surface area contributed by atoms with Crippen molar-refractivity contribution in [3.63, 3.8) is 0 Å². The van der Waals surface area contributed by atoms with Crippen molar-refractivity contribution in [1.29, 1.82) is 0 Å². The van der Waals surface area contributed by atoms with E-state index in [4.69, 9.17) is 15.6 Å². The first-order valence-electron chi connectivity index (χ1n) is 5.98. The minimum atomic E-state index is -0.123. The van der Waals surface area contributed by atoms with Crippen LogP contribution in [0, 0.1) is 6.92 Å². The lowest BCUT2D eigenvalue weighted by Gasteiger charge is -2.09. The van der Waals surface area contributed by atoms with Crippen molar-refractivity contribution in [3.8, 4) is 0 Å². The van der Waals surface area contributed by atoms with Crippen LogP contribution in [-0.4, -0.2) is 37.4 Å². The number of aliphatic hydroxyl groups excluding tert-OH is 1. The SMILES string of the molecule is Cc1c(N)cccc1C(=O)NCCCOCCO. The molecule has 0 heterocycles. The number of anilines is 1. The molecule has 0 bridgehead atoms. The number of nitrogen functional groups attached to an aromatic ring is 1.